The van der Waals surface area contributed by atoms with E-state index in [9.17, 15) is 8.42 Å². The molecule has 5 heteroatoms. The third kappa shape index (κ3) is 2.43. The van der Waals surface area contributed by atoms with Crippen LogP contribution in [0.2, 0.25) is 0 Å². The number of hydrogen-bond acceptors (Lipinski definition) is 3. The van der Waals surface area contributed by atoms with Crippen molar-refractivity contribution in [2.45, 2.75) is 44.2 Å². The maximum absolute atomic E-state index is 12.5. The number of benzene rings is 1. The summed E-state index contributed by atoms with van der Waals surface area (Å²) in [4.78, 5) is 0.363. The molecule has 1 aromatic carbocycles. The molecule has 18 heavy (non-hydrogen) atoms. The van der Waals surface area contributed by atoms with Crippen LogP contribution in [0.25, 0.3) is 0 Å². The lowest BCUT2D eigenvalue weighted by Gasteiger charge is -2.20. The van der Waals surface area contributed by atoms with Gasteiger partial charge in [0.25, 0.3) is 0 Å². The second-order valence-electron chi connectivity index (χ2n) is 4.73. The van der Waals surface area contributed by atoms with Gasteiger partial charge in [-0.15, -0.1) is 0 Å². The van der Waals surface area contributed by atoms with Gasteiger partial charge >= 0.3 is 0 Å². The van der Waals surface area contributed by atoms with Gasteiger partial charge in [0.05, 0.1) is 4.90 Å². The summed E-state index contributed by atoms with van der Waals surface area (Å²) >= 11 is 0. The quantitative estimate of drug-likeness (QED) is 0.882. The first-order valence-corrected chi connectivity index (χ1v) is 7.76. The lowest BCUT2D eigenvalue weighted by Crippen LogP contribution is -2.33. The summed E-state index contributed by atoms with van der Waals surface area (Å²) in [6.07, 6.45) is 1.95. The first kappa shape index (κ1) is 13.5. The summed E-state index contributed by atoms with van der Waals surface area (Å²) in [6.45, 7) is 4.72. The van der Waals surface area contributed by atoms with E-state index in [0.29, 0.717) is 18.0 Å². The normalized spacial score (nSPS) is 16.2. The van der Waals surface area contributed by atoms with Crippen LogP contribution in [-0.2, 0) is 16.6 Å². The fourth-order valence-electron chi connectivity index (χ4n) is 2.15. The topological polar surface area (TPSA) is 63.4 Å². The molecule has 1 aliphatic carbocycles. The summed E-state index contributed by atoms with van der Waals surface area (Å²) in [5.41, 5.74) is 7.56. The second-order valence-corrected chi connectivity index (χ2v) is 6.62. The number of aryl methyl sites for hydroxylation is 1. The van der Waals surface area contributed by atoms with E-state index in [4.69, 9.17) is 5.73 Å². The molecule has 2 rings (SSSR count). The summed E-state index contributed by atoms with van der Waals surface area (Å²) in [7, 11) is -3.36. The Bertz CT molecular complexity index is 536. The predicted octanol–water partition coefficient (Wildman–Crippen LogP) is 1.63. The molecule has 0 amide bonds. The molecule has 1 saturated carbocycles. The van der Waals surface area contributed by atoms with Crippen LogP contribution in [-0.4, -0.2) is 25.3 Å². The fourth-order valence-corrected chi connectivity index (χ4v) is 3.90. The summed E-state index contributed by atoms with van der Waals surface area (Å²) in [5.74, 6) is 0. The predicted molar refractivity (Wildman–Crippen MR) is 71.7 cm³/mol. The molecule has 0 bridgehead atoms. The highest BCUT2D eigenvalue weighted by atomic mass is 32.2. The molecule has 0 aliphatic heterocycles. The maximum atomic E-state index is 12.5. The standard InChI is InChI=1S/C13H20N2O2S/c1-3-15(12-5-6-12)18(16,17)13-7-4-10(2)11(8-13)9-14/h4,7-8,12H,3,5-6,9,14H2,1-2H3. The van der Waals surface area contributed by atoms with E-state index < -0.39 is 10.0 Å². The molecule has 1 aliphatic rings. The largest absolute Gasteiger partial charge is 0.326 e. The first-order chi connectivity index (χ1) is 8.50. The smallest absolute Gasteiger partial charge is 0.243 e. The van der Waals surface area contributed by atoms with Crippen LogP contribution in [0.3, 0.4) is 0 Å². The zero-order chi connectivity index (χ0) is 13.3. The average Bonchev–Trinajstić information content (AvgIpc) is 3.14. The Hall–Kier alpha value is -0.910. The van der Waals surface area contributed by atoms with E-state index in [1.807, 2.05) is 19.9 Å². The van der Waals surface area contributed by atoms with Crippen molar-refractivity contribution in [2.24, 2.45) is 5.73 Å². The van der Waals surface area contributed by atoms with Gasteiger partial charge in [-0.3, -0.25) is 0 Å². The van der Waals surface area contributed by atoms with Gasteiger partial charge in [-0.1, -0.05) is 13.0 Å². The van der Waals surface area contributed by atoms with Crippen LogP contribution in [0.15, 0.2) is 23.1 Å². The molecular weight excluding hydrogens is 248 g/mol. The zero-order valence-electron chi connectivity index (χ0n) is 10.9. The number of rotatable bonds is 5. The van der Waals surface area contributed by atoms with Crippen molar-refractivity contribution in [3.63, 3.8) is 0 Å². The molecule has 0 atom stereocenters. The van der Waals surface area contributed by atoms with Crippen molar-refractivity contribution >= 4 is 10.0 Å². The molecule has 1 aromatic rings. The van der Waals surface area contributed by atoms with E-state index in [1.54, 1.807) is 16.4 Å². The Morgan fingerprint density at radius 1 is 1.39 bits per heavy atom. The molecule has 0 radical (unpaired) electrons. The maximum Gasteiger partial charge on any atom is 0.243 e. The highest BCUT2D eigenvalue weighted by Gasteiger charge is 2.36. The van der Waals surface area contributed by atoms with Crippen molar-refractivity contribution in [1.29, 1.82) is 0 Å². The van der Waals surface area contributed by atoms with Gasteiger partial charge in [-0.25, -0.2) is 8.42 Å². The minimum Gasteiger partial charge on any atom is -0.326 e. The van der Waals surface area contributed by atoms with Gasteiger partial charge in [-0.05, 0) is 43.0 Å². The van der Waals surface area contributed by atoms with Crippen LogP contribution in [0.4, 0.5) is 0 Å². The third-order valence-corrected chi connectivity index (χ3v) is 5.44. The van der Waals surface area contributed by atoms with Gasteiger partial charge in [0.2, 0.25) is 10.0 Å². The lowest BCUT2D eigenvalue weighted by molar-refractivity contribution is 0.421. The highest BCUT2D eigenvalue weighted by molar-refractivity contribution is 7.89. The lowest BCUT2D eigenvalue weighted by atomic mass is 10.1. The summed E-state index contributed by atoms with van der Waals surface area (Å²) < 4.78 is 26.6. The molecule has 2 N–H and O–H groups in total. The second kappa shape index (κ2) is 4.99. The number of nitrogens with two attached hydrogens (primary N) is 1. The van der Waals surface area contributed by atoms with E-state index in [1.165, 1.54) is 0 Å². The van der Waals surface area contributed by atoms with Crippen LogP contribution < -0.4 is 5.73 Å². The molecule has 0 spiro atoms. The Labute approximate surface area is 109 Å². The van der Waals surface area contributed by atoms with E-state index >= 15 is 0 Å². The number of hydrogen-bond donors (Lipinski definition) is 1. The Balaban J connectivity index is 2.40. The van der Waals surface area contributed by atoms with Crippen LogP contribution in [0.1, 0.15) is 30.9 Å². The van der Waals surface area contributed by atoms with Gasteiger partial charge in [0.15, 0.2) is 0 Å². The molecule has 0 heterocycles. The average molecular weight is 268 g/mol. The Morgan fingerprint density at radius 2 is 2.06 bits per heavy atom. The number of nitrogens with zero attached hydrogens (tertiary/aromatic N) is 1. The summed E-state index contributed by atoms with van der Waals surface area (Å²) in [6, 6.07) is 5.41. The first-order valence-electron chi connectivity index (χ1n) is 6.32. The monoisotopic (exact) mass is 268 g/mol. The van der Waals surface area contributed by atoms with Gasteiger partial charge in [0.1, 0.15) is 0 Å². The van der Waals surface area contributed by atoms with Crippen LogP contribution in [0, 0.1) is 6.92 Å². The van der Waals surface area contributed by atoms with Crippen molar-refractivity contribution in [2.75, 3.05) is 6.54 Å². The summed E-state index contributed by atoms with van der Waals surface area (Å²) in [5, 5.41) is 0. The molecule has 0 aromatic heterocycles. The van der Waals surface area contributed by atoms with Crippen molar-refractivity contribution in [3.8, 4) is 0 Å². The minimum atomic E-state index is -3.36. The van der Waals surface area contributed by atoms with E-state index in [2.05, 4.69) is 0 Å². The van der Waals surface area contributed by atoms with Crippen molar-refractivity contribution in [1.82, 2.24) is 4.31 Å². The highest BCUT2D eigenvalue weighted by Crippen LogP contribution is 2.32. The van der Waals surface area contributed by atoms with Gasteiger partial charge < -0.3 is 5.73 Å². The molecule has 0 saturated heterocycles. The fraction of sp³-hybridized carbons (Fsp3) is 0.538. The van der Waals surface area contributed by atoms with E-state index in [-0.39, 0.29) is 6.04 Å². The molecule has 1 fully saturated rings. The molecular formula is C13H20N2O2S. The van der Waals surface area contributed by atoms with Gasteiger partial charge in [0, 0.05) is 19.1 Å². The van der Waals surface area contributed by atoms with Crippen LogP contribution >= 0.6 is 0 Å². The molecule has 100 valence electrons. The SMILES string of the molecule is CCN(C1CC1)S(=O)(=O)c1ccc(C)c(CN)c1. The number of sulfonamides is 1. The molecule has 4 nitrogen and oxygen atoms in total. The zero-order valence-corrected chi connectivity index (χ0v) is 11.7. The van der Waals surface area contributed by atoms with Crippen molar-refractivity contribution < 1.29 is 8.42 Å². The van der Waals surface area contributed by atoms with E-state index in [0.717, 1.165) is 24.0 Å². The minimum absolute atomic E-state index is 0.197. The van der Waals surface area contributed by atoms with Gasteiger partial charge in [-0.2, -0.15) is 4.31 Å². The molecule has 0 unspecified atom stereocenters. The Kier molecular flexibility index (Phi) is 3.75. The van der Waals surface area contributed by atoms with Crippen molar-refractivity contribution in [3.05, 3.63) is 29.3 Å². The van der Waals surface area contributed by atoms with Crippen LogP contribution in [0.5, 0.6) is 0 Å². The third-order valence-electron chi connectivity index (χ3n) is 3.41. The Morgan fingerprint density at radius 3 is 2.56 bits per heavy atom.